The minimum atomic E-state index is -0.163. The lowest BCUT2D eigenvalue weighted by atomic mass is 9.96. The third-order valence-corrected chi connectivity index (χ3v) is 5.65. The maximum Gasteiger partial charge on any atom is 0.255 e. The third-order valence-electron chi connectivity index (χ3n) is 5.33. The Labute approximate surface area is 169 Å². The number of piperidine rings is 1. The number of carbonyl (C=O) groups excluding carboxylic acids is 1. The first kappa shape index (κ1) is 18.7. The van der Waals surface area contributed by atoms with Crippen molar-refractivity contribution in [3.8, 4) is 11.1 Å². The topological polar surface area (TPSA) is 80.0 Å². The second kappa shape index (κ2) is 7.78. The molecule has 0 unspecified atom stereocenters. The fourth-order valence-electron chi connectivity index (χ4n) is 3.85. The molecule has 144 valence electrons. The van der Waals surface area contributed by atoms with Gasteiger partial charge in [0.05, 0.1) is 5.56 Å². The summed E-state index contributed by atoms with van der Waals surface area (Å²) in [6.07, 6.45) is 3.54. The molecule has 28 heavy (non-hydrogen) atoms. The number of rotatable bonds is 3. The minimum absolute atomic E-state index is 0.161. The molecule has 0 aliphatic carbocycles. The molecule has 1 saturated heterocycles. The monoisotopic (exact) mass is 394 g/mol. The van der Waals surface area contributed by atoms with Crippen LogP contribution in [0.5, 0.6) is 0 Å². The van der Waals surface area contributed by atoms with Crippen molar-refractivity contribution in [2.45, 2.75) is 25.8 Å². The summed E-state index contributed by atoms with van der Waals surface area (Å²) in [6, 6.07) is 11.9. The first-order valence-electron chi connectivity index (χ1n) is 9.50. The fraction of sp³-hybridized carbons (Fsp3) is 0.273. The van der Waals surface area contributed by atoms with Gasteiger partial charge in [0.25, 0.3) is 5.91 Å². The molecule has 0 bridgehead atoms. The predicted octanol–water partition coefficient (Wildman–Crippen LogP) is 3.93. The van der Waals surface area contributed by atoms with Gasteiger partial charge in [0, 0.05) is 28.2 Å². The SMILES string of the molecule is Cc1cccc(Cl)c1-c1ccc2c(C(=O)NC3CCNCC3)c(N)ncc2c1. The van der Waals surface area contributed by atoms with Crippen LogP contribution in [0, 0.1) is 6.92 Å². The van der Waals surface area contributed by atoms with Crippen LogP contribution >= 0.6 is 11.6 Å². The number of pyridine rings is 1. The highest BCUT2D eigenvalue weighted by atomic mass is 35.5. The Morgan fingerprint density at radius 2 is 2.04 bits per heavy atom. The molecule has 1 fully saturated rings. The number of nitrogens with zero attached hydrogens (tertiary/aromatic N) is 1. The van der Waals surface area contributed by atoms with E-state index in [1.807, 2.05) is 43.3 Å². The van der Waals surface area contributed by atoms with Gasteiger partial charge in [-0.2, -0.15) is 0 Å². The summed E-state index contributed by atoms with van der Waals surface area (Å²) in [5.74, 6) is 0.0878. The lowest BCUT2D eigenvalue weighted by Gasteiger charge is -2.24. The molecule has 2 heterocycles. The molecule has 0 radical (unpaired) electrons. The highest BCUT2D eigenvalue weighted by molar-refractivity contribution is 6.33. The summed E-state index contributed by atoms with van der Waals surface area (Å²) in [4.78, 5) is 17.2. The van der Waals surface area contributed by atoms with Crippen molar-refractivity contribution in [1.82, 2.24) is 15.6 Å². The summed E-state index contributed by atoms with van der Waals surface area (Å²) in [7, 11) is 0. The van der Waals surface area contributed by atoms with Crippen LogP contribution in [0.1, 0.15) is 28.8 Å². The van der Waals surface area contributed by atoms with E-state index < -0.39 is 0 Å². The lowest BCUT2D eigenvalue weighted by Crippen LogP contribution is -2.43. The molecule has 1 aliphatic rings. The minimum Gasteiger partial charge on any atom is -0.383 e. The highest BCUT2D eigenvalue weighted by Crippen LogP contribution is 2.34. The van der Waals surface area contributed by atoms with Gasteiger partial charge < -0.3 is 16.4 Å². The van der Waals surface area contributed by atoms with Crippen molar-refractivity contribution in [2.75, 3.05) is 18.8 Å². The number of amides is 1. The molecule has 3 aromatic rings. The van der Waals surface area contributed by atoms with Crippen LogP contribution in [-0.4, -0.2) is 30.0 Å². The highest BCUT2D eigenvalue weighted by Gasteiger charge is 2.21. The van der Waals surface area contributed by atoms with Crippen LogP contribution in [0.2, 0.25) is 5.02 Å². The molecule has 6 heteroatoms. The number of benzene rings is 2. The molecule has 1 aromatic heterocycles. The van der Waals surface area contributed by atoms with Crippen LogP contribution in [0.3, 0.4) is 0 Å². The number of aromatic nitrogens is 1. The number of hydrogen-bond acceptors (Lipinski definition) is 4. The summed E-state index contributed by atoms with van der Waals surface area (Å²) in [5.41, 5.74) is 9.61. The number of halogens is 1. The average molecular weight is 395 g/mol. The second-order valence-electron chi connectivity index (χ2n) is 7.25. The molecule has 1 amide bonds. The van der Waals surface area contributed by atoms with Gasteiger partial charge in [-0.1, -0.05) is 35.9 Å². The third kappa shape index (κ3) is 3.55. The van der Waals surface area contributed by atoms with Gasteiger partial charge in [-0.15, -0.1) is 0 Å². The van der Waals surface area contributed by atoms with Crippen LogP contribution in [0.4, 0.5) is 5.82 Å². The average Bonchev–Trinajstić information content (AvgIpc) is 2.68. The van der Waals surface area contributed by atoms with Gasteiger partial charge in [-0.25, -0.2) is 4.98 Å². The Balaban J connectivity index is 1.74. The maximum absolute atomic E-state index is 12.9. The van der Waals surface area contributed by atoms with Crippen LogP contribution in [0.25, 0.3) is 21.9 Å². The van der Waals surface area contributed by atoms with E-state index in [0.29, 0.717) is 10.6 Å². The molecule has 4 N–H and O–H groups in total. The van der Waals surface area contributed by atoms with Crippen molar-refractivity contribution in [3.63, 3.8) is 0 Å². The molecule has 0 spiro atoms. The summed E-state index contributed by atoms with van der Waals surface area (Å²) >= 11 is 6.43. The van der Waals surface area contributed by atoms with Gasteiger partial charge in [0.2, 0.25) is 0 Å². The standard InChI is InChI=1S/C22H23ClN4O/c1-13-3-2-4-18(23)19(13)14-5-6-17-15(11-14)12-26-21(24)20(17)22(28)27-16-7-9-25-10-8-16/h2-6,11-12,16,25H,7-10H2,1H3,(H2,24,26)(H,27,28). The lowest BCUT2D eigenvalue weighted by molar-refractivity contribution is 0.0932. The fourth-order valence-corrected chi connectivity index (χ4v) is 4.19. The second-order valence-corrected chi connectivity index (χ2v) is 7.66. The zero-order valence-corrected chi connectivity index (χ0v) is 16.5. The Hall–Kier alpha value is -2.63. The molecule has 2 aromatic carbocycles. The normalized spacial score (nSPS) is 14.9. The Bertz CT molecular complexity index is 1020. The van der Waals surface area contributed by atoms with Gasteiger partial charge >= 0.3 is 0 Å². The van der Waals surface area contributed by atoms with Crippen molar-refractivity contribution in [3.05, 3.63) is 58.7 Å². The number of nitrogens with two attached hydrogens (primary N) is 1. The van der Waals surface area contributed by atoms with E-state index >= 15 is 0 Å². The first-order chi connectivity index (χ1) is 13.5. The molecule has 5 nitrogen and oxygen atoms in total. The Morgan fingerprint density at radius 3 is 2.79 bits per heavy atom. The number of nitrogen functional groups attached to an aromatic ring is 1. The van der Waals surface area contributed by atoms with Gasteiger partial charge in [-0.3, -0.25) is 4.79 Å². The van der Waals surface area contributed by atoms with Gasteiger partial charge in [0.1, 0.15) is 5.82 Å². The Kier molecular flexibility index (Phi) is 5.20. The van der Waals surface area contributed by atoms with Gasteiger partial charge in [-0.05, 0) is 61.5 Å². The Morgan fingerprint density at radius 1 is 1.25 bits per heavy atom. The summed E-state index contributed by atoms with van der Waals surface area (Å²) in [5, 5.41) is 8.77. The molecule has 4 rings (SSSR count). The summed E-state index contributed by atoms with van der Waals surface area (Å²) < 4.78 is 0. The summed E-state index contributed by atoms with van der Waals surface area (Å²) in [6.45, 7) is 3.86. The zero-order chi connectivity index (χ0) is 19.7. The molecular formula is C22H23ClN4O. The largest absolute Gasteiger partial charge is 0.383 e. The smallest absolute Gasteiger partial charge is 0.255 e. The van der Waals surface area contributed by atoms with E-state index in [4.69, 9.17) is 17.3 Å². The van der Waals surface area contributed by atoms with Crippen molar-refractivity contribution < 1.29 is 4.79 Å². The van der Waals surface area contributed by atoms with E-state index in [1.165, 1.54) is 0 Å². The van der Waals surface area contributed by atoms with Crippen molar-refractivity contribution >= 4 is 34.1 Å². The quantitative estimate of drug-likeness (QED) is 0.628. The predicted molar refractivity (Wildman–Crippen MR) is 115 cm³/mol. The maximum atomic E-state index is 12.9. The zero-order valence-electron chi connectivity index (χ0n) is 15.8. The number of fused-ring (bicyclic) bond motifs is 1. The van der Waals surface area contributed by atoms with E-state index in [-0.39, 0.29) is 17.8 Å². The molecule has 1 aliphatic heterocycles. The number of nitrogens with one attached hydrogen (secondary N) is 2. The van der Waals surface area contributed by atoms with Crippen molar-refractivity contribution in [2.24, 2.45) is 0 Å². The van der Waals surface area contributed by atoms with E-state index in [9.17, 15) is 4.79 Å². The van der Waals surface area contributed by atoms with E-state index in [1.54, 1.807) is 6.20 Å². The van der Waals surface area contributed by atoms with Gasteiger partial charge in [0.15, 0.2) is 0 Å². The molecule has 0 atom stereocenters. The molecule has 0 saturated carbocycles. The van der Waals surface area contributed by atoms with Crippen LogP contribution < -0.4 is 16.4 Å². The van der Waals surface area contributed by atoms with Crippen LogP contribution in [0.15, 0.2) is 42.6 Å². The van der Waals surface area contributed by atoms with E-state index in [2.05, 4.69) is 15.6 Å². The number of aryl methyl sites for hydroxylation is 1. The number of hydrogen-bond donors (Lipinski definition) is 3. The number of anilines is 1. The number of carbonyl (C=O) groups is 1. The first-order valence-corrected chi connectivity index (χ1v) is 9.87. The molecular weight excluding hydrogens is 372 g/mol. The van der Waals surface area contributed by atoms with Crippen molar-refractivity contribution in [1.29, 1.82) is 0 Å². The van der Waals surface area contributed by atoms with Crippen LogP contribution in [-0.2, 0) is 0 Å². The van der Waals surface area contributed by atoms with E-state index in [0.717, 1.165) is 53.4 Å².